The lowest BCUT2D eigenvalue weighted by Gasteiger charge is -2.53. The molecule has 5 atom stereocenters. The molecule has 1 aliphatic carbocycles. The molecule has 2 aliphatic heterocycles. The third-order valence-corrected chi connectivity index (χ3v) is 9.82. The summed E-state index contributed by atoms with van der Waals surface area (Å²) in [7, 11) is 0. The van der Waals surface area contributed by atoms with Crippen molar-refractivity contribution in [2.24, 2.45) is 5.92 Å². The van der Waals surface area contributed by atoms with E-state index in [4.69, 9.17) is 15.2 Å². The molecule has 242 valence electrons. The van der Waals surface area contributed by atoms with Crippen molar-refractivity contribution < 1.29 is 40.1 Å². The number of aromatic nitrogens is 6. The van der Waals surface area contributed by atoms with Gasteiger partial charge in [0.1, 0.15) is 42.6 Å². The Kier molecular flexibility index (Phi) is 7.74. The molecule has 5 heterocycles. The van der Waals surface area contributed by atoms with E-state index in [1.54, 1.807) is 21.6 Å². The van der Waals surface area contributed by atoms with Gasteiger partial charge in [0.15, 0.2) is 17.7 Å². The first-order valence-corrected chi connectivity index (χ1v) is 15.1. The lowest BCUT2D eigenvalue weighted by Crippen LogP contribution is -2.68. The summed E-state index contributed by atoms with van der Waals surface area (Å²) in [5.74, 6) is -0.596. The number of aliphatic hydroxyl groups excluding tert-OH is 5. The van der Waals surface area contributed by atoms with E-state index in [0.717, 1.165) is 36.1 Å². The number of aliphatic hydroxyl groups is 6. The van der Waals surface area contributed by atoms with Gasteiger partial charge >= 0.3 is 0 Å². The molecule has 3 aliphatic rings. The molecule has 7 rings (SSSR count). The van der Waals surface area contributed by atoms with E-state index >= 15 is 0 Å². The second-order valence-corrected chi connectivity index (χ2v) is 12.5. The fourth-order valence-corrected chi connectivity index (χ4v) is 6.95. The number of H-pyrrole nitrogens is 1. The van der Waals surface area contributed by atoms with Crippen LogP contribution in [0, 0.1) is 5.92 Å². The highest BCUT2D eigenvalue weighted by atomic mass is 16.7. The summed E-state index contributed by atoms with van der Waals surface area (Å²) in [6.45, 7) is -1.57. The quantitative estimate of drug-likeness (QED) is 0.100. The minimum absolute atomic E-state index is 0.0590. The minimum Gasteiger partial charge on any atom is -0.395 e. The number of aromatic amines is 1. The number of hydrogen-bond acceptors (Lipinski definition) is 14. The Labute approximate surface area is 257 Å². The number of nitrogen functional groups attached to an aromatic ring is 1. The average Bonchev–Trinajstić information content (AvgIpc) is 3.73. The van der Waals surface area contributed by atoms with Crippen LogP contribution in [0.1, 0.15) is 36.9 Å². The normalized spacial score (nSPS) is 30.6. The Balaban J connectivity index is 0.991. The van der Waals surface area contributed by atoms with Gasteiger partial charge in [0.05, 0.1) is 42.6 Å². The Bertz CT molecular complexity index is 1660. The van der Waals surface area contributed by atoms with Crippen LogP contribution < -0.4 is 5.73 Å². The molecule has 0 spiro atoms. The lowest BCUT2D eigenvalue weighted by molar-refractivity contribution is -0.374. The summed E-state index contributed by atoms with van der Waals surface area (Å²) in [4.78, 5) is 22.2. The van der Waals surface area contributed by atoms with Gasteiger partial charge < -0.3 is 50.8 Å². The molecular weight excluding hydrogens is 588 g/mol. The first kappa shape index (κ1) is 30.3. The molecule has 0 bridgehead atoms. The highest BCUT2D eigenvalue weighted by Crippen LogP contribution is 2.44. The standard InChI is InChI=1S/C29H38N8O8/c30-25-22-26(32-13-31-25)36(14-33-22)27-23(42)24-20(44-27)8-37(29(43,12-41)45-24)17-5-15(6-17)1-4-21-34-18-3-2-16(7-19(18)35-21)28(9-38,10-39)11-40/h2-3,7,13-15,17,20,23-24,27,38-43H,1,4-6,8-12H2,(H,34,35)(H2,30,31,32)/t15?,17?,20-,23-,24-,27-,29?/m1/s1. The summed E-state index contributed by atoms with van der Waals surface area (Å²) < 4.78 is 13.8. The van der Waals surface area contributed by atoms with Gasteiger partial charge in [0.2, 0.25) is 0 Å². The molecule has 45 heavy (non-hydrogen) atoms. The second-order valence-electron chi connectivity index (χ2n) is 12.5. The van der Waals surface area contributed by atoms with Gasteiger partial charge in [-0.2, -0.15) is 0 Å². The topological polar surface area (TPSA) is 241 Å². The highest BCUT2D eigenvalue weighted by molar-refractivity contribution is 5.81. The maximum absolute atomic E-state index is 11.3. The van der Waals surface area contributed by atoms with Crippen molar-refractivity contribution in [2.45, 2.75) is 67.6 Å². The van der Waals surface area contributed by atoms with E-state index in [1.165, 1.54) is 12.7 Å². The monoisotopic (exact) mass is 626 g/mol. The van der Waals surface area contributed by atoms with E-state index in [2.05, 4.69) is 24.9 Å². The van der Waals surface area contributed by atoms with E-state index in [0.29, 0.717) is 29.1 Å². The number of rotatable bonds is 10. The molecule has 9 N–H and O–H groups in total. The molecule has 0 amide bonds. The highest BCUT2D eigenvalue weighted by Gasteiger charge is 2.58. The molecular formula is C29H38N8O8. The van der Waals surface area contributed by atoms with Crippen LogP contribution in [-0.2, 0) is 21.3 Å². The van der Waals surface area contributed by atoms with E-state index < -0.39 is 42.5 Å². The van der Waals surface area contributed by atoms with Gasteiger partial charge in [0.25, 0.3) is 5.91 Å². The number of nitrogens with zero attached hydrogens (tertiary/aromatic N) is 6. The molecule has 0 radical (unpaired) electrons. The SMILES string of the molecule is Nc1ncnc2c1ncn2[C@@H]1O[C@@H]2CN(C3CC(CCc4nc5ccc(C(CO)(CO)CO)cc5[nH]4)C3)C(O)(CO)O[C@H]2[C@H]1O. The molecule has 1 unspecified atom stereocenters. The number of fused-ring (bicyclic) bond motifs is 3. The lowest BCUT2D eigenvalue weighted by atomic mass is 9.76. The number of imidazole rings is 2. The van der Waals surface area contributed by atoms with Gasteiger partial charge in [0, 0.05) is 19.0 Å². The van der Waals surface area contributed by atoms with Crippen LogP contribution >= 0.6 is 0 Å². The van der Waals surface area contributed by atoms with Crippen molar-refractivity contribution in [3.05, 3.63) is 42.2 Å². The maximum Gasteiger partial charge on any atom is 0.252 e. The number of hydrogen-bond donors (Lipinski definition) is 8. The number of nitrogens with one attached hydrogen (secondary N) is 1. The predicted octanol–water partition coefficient (Wildman–Crippen LogP) is -1.49. The van der Waals surface area contributed by atoms with Crippen molar-refractivity contribution in [2.75, 3.05) is 38.7 Å². The molecule has 16 heteroatoms. The predicted molar refractivity (Wildman–Crippen MR) is 157 cm³/mol. The Hall–Kier alpha value is -3.32. The third kappa shape index (κ3) is 4.97. The number of aryl methyl sites for hydroxylation is 1. The van der Waals surface area contributed by atoms with Crippen LogP contribution in [0.3, 0.4) is 0 Å². The molecule has 1 saturated carbocycles. The van der Waals surface area contributed by atoms with E-state index in [1.807, 2.05) is 6.07 Å². The zero-order chi connectivity index (χ0) is 31.5. The van der Waals surface area contributed by atoms with Crippen molar-refractivity contribution in [3.8, 4) is 0 Å². The smallest absolute Gasteiger partial charge is 0.252 e. The summed E-state index contributed by atoms with van der Waals surface area (Å²) in [5.41, 5.74) is 7.72. The van der Waals surface area contributed by atoms with Crippen molar-refractivity contribution >= 4 is 28.0 Å². The molecule has 2 saturated heterocycles. The maximum atomic E-state index is 11.3. The molecule has 3 aromatic heterocycles. The summed E-state index contributed by atoms with van der Waals surface area (Å²) in [6, 6.07) is 5.32. The van der Waals surface area contributed by atoms with Crippen molar-refractivity contribution in [1.29, 1.82) is 0 Å². The fourth-order valence-electron chi connectivity index (χ4n) is 6.95. The van der Waals surface area contributed by atoms with Crippen LogP contribution in [-0.4, -0.2) is 128 Å². The number of anilines is 1. The Morgan fingerprint density at radius 2 is 1.87 bits per heavy atom. The first-order chi connectivity index (χ1) is 21.7. The molecule has 4 aromatic rings. The van der Waals surface area contributed by atoms with Gasteiger partial charge in [-0.05, 0) is 42.9 Å². The number of nitrogens with two attached hydrogens (primary N) is 1. The minimum atomic E-state index is -1.97. The van der Waals surface area contributed by atoms with E-state index in [-0.39, 0.29) is 38.2 Å². The van der Waals surface area contributed by atoms with Gasteiger partial charge in [-0.3, -0.25) is 4.57 Å². The molecule has 3 fully saturated rings. The average molecular weight is 627 g/mol. The molecule has 16 nitrogen and oxygen atoms in total. The van der Waals surface area contributed by atoms with Crippen LogP contribution in [0.2, 0.25) is 0 Å². The van der Waals surface area contributed by atoms with Gasteiger partial charge in [-0.25, -0.2) is 24.8 Å². The van der Waals surface area contributed by atoms with Gasteiger partial charge in [-0.15, -0.1) is 0 Å². The zero-order valence-electron chi connectivity index (χ0n) is 24.5. The summed E-state index contributed by atoms with van der Waals surface area (Å²) >= 11 is 0. The van der Waals surface area contributed by atoms with Crippen molar-refractivity contribution in [3.63, 3.8) is 0 Å². The first-order valence-electron chi connectivity index (χ1n) is 15.1. The van der Waals surface area contributed by atoms with E-state index in [9.17, 15) is 30.6 Å². The third-order valence-electron chi connectivity index (χ3n) is 9.82. The van der Waals surface area contributed by atoms with Gasteiger partial charge in [-0.1, -0.05) is 6.07 Å². The second kappa shape index (κ2) is 11.5. The fraction of sp³-hybridized carbons (Fsp3) is 0.586. The van der Waals surface area contributed by atoms with Crippen LogP contribution in [0.4, 0.5) is 5.82 Å². The summed E-state index contributed by atoms with van der Waals surface area (Å²) in [6.07, 6.45) is 2.36. The number of ether oxygens (including phenoxy) is 2. The Morgan fingerprint density at radius 3 is 2.60 bits per heavy atom. The van der Waals surface area contributed by atoms with Crippen LogP contribution in [0.5, 0.6) is 0 Å². The van der Waals surface area contributed by atoms with Crippen molar-refractivity contribution in [1.82, 2.24) is 34.4 Å². The van der Waals surface area contributed by atoms with Crippen LogP contribution in [0.25, 0.3) is 22.2 Å². The summed E-state index contributed by atoms with van der Waals surface area (Å²) in [5, 5.41) is 62.0. The zero-order valence-corrected chi connectivity index (χ0v) is 24.5. The largest absolute Gasteiger partial charge is 0.395 e. The molecule has 1 aromatic carbocycles. The number of benzene rings is 1. The van der Waals surface area contributed by atoms with Crippen LogP contribution in [0.15, 0.2) is 30.9 Å². The Morgan fingerprint density at radius 1 is 1.09 bits per heavy atom.